The van der Waals surface area contributed by atoms with Gasteiger partial charge in [-0.25, -0.2) is 0 Å². The van der Waals surface area contributed by atoms with E-state index in [1.807, 2.05) is 13.8 Å². The highest BCUT2D eigenvalue weighted by atomic mass is 35.5. The molecule has 5 aromatic carbocycles. The van der Waals surface area contributed by atoms with Gasteiger partial charge in [-0.05, 0) is 97.8 Å². The van der Waals surface area contributed by atoms with Crippen molar-refractivity contribution in [3.8, 4) is 0 Å². The van der Waals surface area contributed by atoms with Crippen LogP contribution in [0.5, 0.6) is 0 Å². The normalized spacial score (nSPS) is 11.6. The van der Waals surface area contributed by atoms with Crippen molar-refractivity contribution in [1.82, 2.24) is 10.9 Å². The van der Waals surface area contributed by atoms with Crippen LogP contribution in [-0.4, -0.2) is 33.6 Å². The zero-order chi connectivity index (χ0) is 45.4. The Bertz CT molecular complexity index is 2490. The second-order valence-electron chi connectivity index (χ2n) is 13.3. The van der Waals surface area contributed by atoms with Crippen molar-refractivity contribution >= 4 is 127 Å². The Morgan fingerprint density at radius 2 is 0.790 bits per heavy atom. The highest BCUT2D eigenvalue weighted by Crippen LogP contribution is 2.35. The number of hydrogen-bond acceptors (Lipinski definition) is 12. The molecule has 10 N–H and O–H groups in total. The van der Waals surface area contributed by atoms with E-state index in [0.29, 0.717) is 21.4 Å². The van der Waals surface area contributed by atoms with E-state index >= 15 is 0 Å². The van der Waals surface area contributed by atoms with Gasteiger partial charge >= 0.3 is 0 Å². The first-order valence-electron chi connectivity index (χ1n) is 18.0. The van der Waals surface area contributed by atoms with Crippen molar-refractivity contribution in [3.05, 3.63) is 160 Å². The molecule has 14 nitrogen and oxygen atoms in total. The Morgan fingerprint density at radius 1 is 0.435 bits per heavy atom. The quantitative estimate of drug-likeness (QED) is 0.0255. The summed E-state index contributed by atoms with van der Waals surface area (Å²) in [5, 5.41) is 33.7. The van der Waals surface area contributed by atoms with Crippen LogP contribution in [0.4, 0.5) is 34.1 Å². The van der Waals surface area contributed by atoms with Gasteiger partial charge in [0.05, 0.1) is 42.8 Å². The van der Waals surface area contributed by atoms with E-state index < -0.39 is 35.1 Å². The number of nitrogens with one attached hydrogen (secondary N) is 8. The minimum absolute atomic E-state index is 0.0334. The first kappa shape index (κ1) is 47.1. The van der Waals surface area contributed by atoms with Gasteiger partial charge in [-0.15, -0.1) is 0 Å². The fourth-order valence-corrected chi connectivity index (χ4v) is 6.59. The van der Waals surface area contributed by atoms with Gasteiger partial charge in [0.2, 0.25) is 11.8 Å². The molecule has 0 saturated heterocycles. The molecule has 0 aliphatic heterocycles. The minimum atomic E-state index is -0.659. The fourth-order valence-electron chi connectivity index (χ4n) is 5.37. The number of carbonyl (C=O) groups excluding carboxylic acids is 4. The fraction of sp³-hybridized carbons (Fsp3) is 0.0952. The standard InChI is InChI=1S/C42H36Cl6N8O6/c1-19-5-9-25(43)15-33(19)49-39(59)23-7-11-31(27(45)13-23)53-55-37(21(3)57)41(61)51-35-17-30(48)36(18-29(35)47)52-42(62)38(22(4)58)56-54-32-12-8-24(14-28(32)46)40(60)50-34-16-26(44)10-6-20(34)2/h5-18,51-56,61-62H,1-4H3,(H,49,59)(H,50,60)/b41-37-,42-38-. The Kier molecular flexibility index (Phi) is 15.7. The first-order chi connectivity index (χ1) is 29.3. The summed E-state index contributed by atoms with van der Waals surface area (Å²) < 4.78 is 0. The van der Waals surface area contributed by atoms with Gasteiger partial charge < -0.3 is 31.5 Å². The number of amides is 2. The number of aliphatic hydroxyl groups is 2. The average Bonchev–Trinajstić information content (AvgIpc) is 3.20. The molecule has 0 unspecified atom stereocenters. The predicted molar refractivity (Wildman–Crippen MR) is 249 cm³/mol. The van der Waals surface area contributed by atoms with E-state index in [4.69, 9.17) is 69.6 Å². The maximum absolute atomic E-state index is 12.9. The molecule has 5 rings (SSSR count). The third-order valence-electron chi connectivity index (χ3n) is 8.74. The lowest BCUT2D eigenvalue weighted by Crippen LogP contribution is -2.28. The van der Waals surface area contributed by atoms with Crippen LogP contribution in [0.25, 0.3) is 0 Å². The number of hydrogen-bond donors (Lipinski definition) is 10. The maximum Gasteiger partial charge on any atom is 0.255 e. The van der Waals surface area contributed by atoms with Gasteiger partial charge in [0, 0.05) is 46.4 Å². The number of aryl methyl sites for hydroxylation is 2. The third-order valence-corrected chi connectivity index (χ3v) is 10.5. The summed E-state index contributed by atoms with van der Waals surface area (Å²) in [5.41, 5.74) is 13.8. The van der Waals surface area contributed by atoms with E-state index in [-0.39, 0.29) is 65.4 Å². The van der Waals surface area contributed by atoms with E-state index in [0.717, 1.165) is 11.1 Å². The monoisotopic (exact) mass is 958 g/mol. The van der Waals surface area contributed by atoms with Crippen LogP contribution < -0.4 is 43.0 Å². The number of ketones is 2. The van der Waals surface area contributed by atoms with Crippen molar-refractivity contribution in [1.29, 1.82) is 0 Å². The summed E-state index contributed by atoms with van der Waals surface area (Å²) in [6.45, 7) is 6.02. The number of rotatable bonds is 16. The van der Waals surface area contributed by atoms with E-state index in [1.165, 1.54) is 62.4 Å². The topological polar surface area (TPSA) is 205 Å². The summed E-state index contributed by atoms with van der Waals surface area (Å²) in [6.07, 6.45) is 0. The van der Waals surface area contributed by atoms with Crippen LogP contribution in [0, 0.1) is 13.8 Å². The number of benzene rings is 5. The van der Waals surface area contributed by atoms with Crippen molar-refractivity contribution < 1.29 is 29.4 Å². The molecule has 322 valence electrons. The Morgan fingerprint density at radius 3 is 1.13 bits per heavy atom. The number of aliphatic hydroxyl groups excluding tert-OH is 2. The molecule has 20 heteroatoms. The van der Waals surface area contributed by atoms with Crippen LogP contribution in [0.15, 0.2) is 108 Å². The molecule has 0 fully saturated rings. The molecule has 0 aliphatic carbocycles. The van der Waals surface area contributed by atoms with Gasteiger partial charge in [-0.2, -0.15) is 0 Å². The van der Waals surface area contributed by atoms with E-state index in [9.17, 15) is 29.4 Å². The predicted octanol–water partition coefficient (Wildman–Crippen LogP) is 11.4. The minimum Gasteiger partial charge on any atom is -0.493 e. The second kappa shape index (κ2) is 20.7. The number of halogens is 6. The highest BCUT2D eigenvalue weighted by Gasteiger charge is 2.19. The van der Waals surface area contributed by atoms with E-state index in [1.54, 1.807) is 36.4 Å². The van der Waals surface area contributed by atoms with Crippen molar-refractivity contribution in [3.63, 3.8) is 0 Å². The van der Waals surface area contributed by atoms with Crippen LogP contribution in [0.2, 0.25) is 30.1 Å². The largest absolute Gasteiger partial charge is 0.493 e. The molecule has 0 bridgehead atoms. The third kappa shape index (κ3) is 12.1. The lowest BCUT2D eigenvalue weighted by atomic mass is 10.1. The number of carbonyl (C=O) groups is 4. The number of allylic oxidation sites excluding steroid dienone is 2. The smallest absolute Gasteiger partial charge is 0.255 e. The maximum atomic E-state index is 12.9. The molecule has 2 amide bonds. The molecule has 62 heavy (non-hydrogen) atoms. The van der Waals surface area contributed by atoms with Crippen LogP contribution in [0.1, 0.15) is 45.7 Å². The first-order valence-corrected chi connectivity index (χ1v) is 20.3. The van der Waals surface area contributed by atoms with Crippen LogP contribution in [-0.2, 0) is 9.59 Å². The van der Waals surface area contributed by atoms with Crippen molar-refractivity contribution in [2.75, 3.05) is 32.1 Å². The molecule has 0 aromatic heterocycles. The van der Waals surface area contributed by atoms with Gasteiger partial charge in [-0.3, -0.25) is 40.9 Å². The summed E-state index contributed by atoms with van der Waals surface area (Å²) in [4.78, 5) is 50.9. The second-order valence-corrected chi connectivity index (χ2v) is 15.8. The number of Topliss-reactive ketones (excluding diaryl/α,β-unsaturated/α-hetero) is 2. The molecule has 0 spiro atoms. The van der Waals surface area contributed by atoms with Crippen molar-refractivity contribution in [2.24, 2.45) is 0 Å². The number of anilines is 6. The molecule has 0 radical (unpaired) electrons. The van der Waals surface area contributed by atoms with Crippen LogP contribution in [0.3, 0.4) is 0 Å². The zero-order valence-corrected chi connectivity index (χ0v) is 37.4. The van der Waals surface area contributed by atoms with E-state index in [2.05, 4.69) is 43.0 Å². The van der Waals surface area contributed by atoms with Gasteiger partial charge in [0.25, 0.3) is 11.8 Å². The summed E-state index contributed by atoms with van der Waals surface area (Å²) in [7, 11) is 0. The Balaban J connectivity index is 1.24. The molecule has 0 heterocycles. The number of hydrazine groups is 2. The average molecular weight is 962 g/mol. The van der Waals surface area contributed by atoms with Gasteiger partial charge in [0.1, 0.15) is 0 Å². The lowest BCUT2D eigenvalue weighted by molar-refractivity contribution is -0.114. The molecular formula is C42H36Cl6N8O6. The highest BCUT2D eigenvalue weighted by molar-refractivity contribution is 6.37. The molecule has 0 atom stereocenters. The molecular weight excluding hydrogens is 925 g/mol. The lowest BCUT2D eigenvalue weighted by Gasteiger charge is -2.18. The zero-order valence-electron chi connectivity index (χ0n) is 32.9. The summed E-state index contributed by atoms with van der Waals surface area (Å²) in [5.74, 6) is -3.39. The van der Waals surface area contributed by atoms with Crippen molar-refractivity contribution in [2.45, 2.75) is 27.7 Å². The van der Waals surface area contributed by atoms with Crippen LogP contribution >= 0.6 is 69.6 Å². The Labute approximate surface area is 385 Å². The summed E-state index contributed by atoms with van der Waals surface area (Å²) >= 11 is 38.0. The molecule has 5 aromatic rings. The Hall–Kier alpha value is -6.00. The SMILES string of the molecule is CC(=O)/C(NNc1ccc(C(=O)Nc2cc(Cl)ccc2C)cc1Cl)=C(/O)Nc1cc(Cl)c(N/C(O)=C(/NNc2ccc(C(=O)Nc3cc(Cl)ccc3C)cc2Cl)C(C)=O)cc1Cl. The molecule has 0 aliphatic rings. The summed E-state index contributed by atoms with van der Waals surface area (Å²) in [6, 6.07) is 21.6. The molecule has 0 saturated carbocycles. The van der Waals surface area contributed by atoms with Gasteiger partial charge in [-0.1, -0.05) is 81.7 Å². The van der Waals surface area contributed by atoms with Gasteiger partial charge in [0.15, 0.2) is 23.0 Å².